The standard InChI is InChI=1S/C17H24N2O/c1-5-6-11-19-14-10-8-7-9-13(14)16(17(2,3)4)18-12-15(19)20/h7-10H,5-6,11-12H2,1-4H3. The van der Waals surface area contributed by atoms with Gasteiger partial charge >= 0.3 is 0 Å². The molecule has 2 rings (SSSR count). The lowest BCUT2D eigenvalue weighted by Gasteiger charge is -2.26. The maximum absolute atomic E-state index is 12.4. The lowest BCUT2D eigenvalue weighted by Crippen LogP contribution is -2.33. The van der Waals surface area contributed by atoms with Crippen LogP contribution in [0.25, 0.3) is 0 Å². The fourth-order valence-corrected chi connectivity index (χ4v) is 2.56. The fraction of sp³-hybridized carbons (Fsp3) is 0.529. The van der Waals surface area contributed by atoms with Gasteiger partial charge in [-0.3, -0.25) is 9.79 Å². The van der Waals surface area contributed by atoms with Crippen LogP contribution in [0.1, 0.15) is 46.1 Å². The SMILES string of the molecule is CCCCN1C(=O)CN=C(C(C)(C)C)c2ccccc21. The van der Waals surface area contributed by atoms with Crippen LogP contribution in [-0.4, -0.2) is 24.7 Å². The highest BCUT2D eigenvalue weighted by atomic mass is 16.2. The predicted octanol–water partition coefficient (Wildman–Crippen LogP) is 3.67. The first-order valence-electron chi connectivity index (χ1n) is 7.40. The summed E-state index contributed by atoms with van der Waals surface area (Å²) in [5.74, 6) is 0.102. The highest BCUT2D eigenvalue weighted by molar-refractivity contribution is 6.13. The summed E-state index contributed by atoms with van der Waals surface area (Å²) >= 11 is 0. The number of anilines is 1. The molecule has 0 saturated carbocycles. The normalized spacial score (nSPS) is 15.7. The molecule has 1 heterocycles. The van der Waals surface area contributed by atoms with Crippen molar-refractivity contribution < 1.29 is 4.79 Å². The fourth-order valence-electron chi connectivity index (χ4n) is 2.56. The first kappa shape index (κ1) is 14.8. The van der Waals surface area contributed by atoms with Gasteiger partial charge in [0.25, 0.3) is 0 Å². The van der Waals surface area contributed by atoms with E-state index < -0.39 is 0 Å². The van der Waals surface area contributed by atoms with Crippen LogP contribution >= 0.6 is 0 Å². The van der Waals surface area contributed by atoms with Crippen molar-refractivity contribution in [3.63, 3.8) is 0 Å². The van der Waals surface area contributed by atoms with Crippen LogP contribution in [-0.2, 0) is 4.79 Å². The van der Waals surface area contributed by atoms with Crippen LogP contribution in [0.3, 0.4) is 0 Å². The van der Waals surface area contributed by atoms with Crippen molar-refractivity contribution >= 4 is 17.3 Å². The smallest absolute Gasteiger partial charge is 0.248 e. The lowest BCUT2D eigenvalue weighted by atomic mass is 9.85. The Morgan fingerprint density at radius 1 is 1.25 bits per heavy atom. The molecule has 0 N–H and O–H groups in total. The van der Waals surface area contributed by atoms with E-state index >= 15 is 0 Å². The van der Waals surface area contributed by atoms with Gasteiger partial charge in [0.2, 0.25) is 5.91 Å². The number of hydrogen-bond donors (Lipinski definition) is 0. The Hall–Kier alpha value is -1.64. The number of amides is 1. The van der Waals surface area contributed by atoms with Crippen molar-refractivity contribution in [2.75, 3.05) is 18.0 Å². The number of hydrogen-bond acceptors (Lipinski definition) is 2. The van der Waals surface area contributed by atoms with E-state index in [0.717, 1.165) is 36.3 Å². The third kappa shape index (κ3) is 2.92. The molecule has 1 amide bonds. The van der Waals surface area contributed by atoms with Gasteiger partial charge in [-0.2, -0.15) is 0 Å². The number of aliphatic imine (C=N–C) groups is 1. The number of fused-ring (bicyclic) bond motifs is 1. The average Bonchev–Trinajstić information content (AvgIpc) is 2.52. The van der Waals surface area contributed by atoms with E-state index in [1.807, 2.05) is 23.1 Å². The second-order valence-electron chi connectivity index (χ2n) is 6.33. The Morgan fingerprint density at radius 3 is 2.60 bits per heavy atom. The molecule has 0 spiro atoms. The van der Waals surface area contributed by atoms with E-state index in [9.17, 15) is 4.79 Å². The van der Waals surface area contributed by atoms with Gasteiger partial charge in [0, 0.05) is 17.5 Å². The van der Waals surface area contributed by atoms with Crippen LogP contribution < -0.4 is 4.90 Å². The molecular weight excluding hydrogens is 248 g/mol. The number of carbonyl (C=O) groups is 1. The molecule has 0 radical (unpaired) electrons. The van der Waals surface area contributed by atoms with Gasteiger partial charge in [-0.15, -0.1) is 0 Å². The van der Waals surface area contributed by atoms with Gasteiger partial charge in [0.05, 0.1) is 11.4 Å². The number of unbranched alkanes of at least 4 members (excludes halogenated alkanes) is 1. The predicted molar refractivity (Wildman–Crippen MR) is 84.6 cm³/mol. The Bertz CT molecular complexity index is 526. The first-order valence-corrected chi connectivity index (χ1v) is 7.40. The minimum atomic E-state index is -0.0584. The summed E-state index contributed by atoms with van der Waals surface area (Å²) in [4.78, 5) is 18.9. The summed E-state index contributed by atoms with van der Waals surface area (Å²) in [7, 11) is 0. The van der Waals surface area contributed by atoms with Gasteiger partial charge in [-0.1, -0.05) is 52.3 Å². The summed E-state index contributed by atoms with van der Waals surface area (Å²) < 4.78 is 0. The maximum atomic E-state index is 12.4. The summed E-state index contributed by atoms with van der Waals surface area (Å²) in [6.45, 7) is 9.62. The van der Waals surface area contributed by atoms with Crippen LogP contribution in [0.2, 0.25) is 0 Å². The van der Waals surface area contributed by atoms with E-state index in [-0.39, 0.29) is 17.9 Å². The largest absolute Gasteiger partial charge is 0.310 e. The third-order valence-corrected chi connectivity index (χ3v) is 3.57. The lowest BCUT2D eigenvalue weighted by molar-refractivity contribution is -0.117. The molecule has 20 heavy (non-hydrogen) atoms. The molecule has 3 nitrogen and oxygen atoms in total. The molecule has 1 aromatic rings. The highest BCUT2D eigenvalue weighted by Gasteiger charge is 2.29. The Morgan fingerprint density at radius 2 is 1.95 bits per heavy atom. The van der Waals surface area contributed by atoms with Crippen LogP contribution in [0.15, 0.2) is 29.3 Å². The summed E-state index contributed by atoms with van der Waals surface area (Å²) in [6.07, 6.45) is 2.10. The number of para-hydroxylation sites is 1. The monoisotopic (exact) mass is 272 g/mol. The Balaban J connectivity index is 2.50. The maximum Gasteiger partial charge on any atom is 0.248 e. The molecular formula is C17H24N2O. The molecule has 1 aliphatic rings. The van der Waals surface area contributed by atoms with Crippen molar-refractivity contribution in [3.05, 3.63) is 29.8 Å². The van der Waals surface area contributed by atoms with Crippen molar-refractivity contribution in [2.45, 2.75) is 40.5 Å². The zero-order valence-electron chi connectivity index (χ0n) is 12.9. The zero-order valence-corrected chi connectivity index (χ0v) is 12.9. The molecule has 3 heteroatoms. The average molecular weight is 272 g/mol. The van der Waals surface area contributed by atoms with E-state index in [2.05, 4.69) is 38.8 Å². The molecule has 0 bridgehead atoms. The number of rotatable bonds is 3. The van der Waals surface area contributed by atoms with Gasteiger partial charge < -0.3 is 4.90 Å². The number of nitrogens with zero attached hydrogens (tertiary/aromatic N) is 2. The van der Waals surface area contributed by atoms with Crippen molar-refractivity contribution in [1.82, 2.24) is 0 Å². The first-order chi connectivity index (χ1) is 9.45. The molecule has 0 aromatic heterocycles. The minimum Gasteiger partial charge on any atom is -0.310 e. The minimum absolute atomic E-state index is 0.0584. The molecule has 1 aliphatic heterocycles. The third-order valence-electron chi connectivity index (χ3n) is 3.57. The second kappa shape index (κ2) is 5.78. The van der Waals surface area contributed by atoms with Crippen LogP contribution in [0, 0.1) is 5.41 Å². The Kier molecular flexibility index (Phi) is 4.26. The van der Waals surface area contributed by atoms with Gasteiger partial charge in [-0.25, -0.2) is 0 Å². The van der Waals surface area contributed by atoms with Gasteiger partial charge in [-0.05, 0) is 12.5 Å². The van der Waals surface area contributed by atoms with Gasteiger partial charge in [0.15, 0.2) is 0 Å². The Labute approximate surface area is 121 Å². The molecule has 0 aliphatic carbocycles. The zero-order chi connectivity index (χ0) is 14.8. The summed E-state index contributed by atoms with van der Waals surface area (Å²) in [5.41, 5.74) is 3.08. The number of benzene rings is 1. The van der Waals surface area contributed by atoms with Crippen molar-refractivity contribution in [3.8, 4) is 0 Å². The van der Waals surface area contributed by atoms with E-state index in [1.165, 1.54) is 0 Å². The number of benzodiazepines with no additional fused rings is 1. The topological polar surface area (TPSA) is 32.7 Å². The summed E-state index contributed by atoms with van der Waals surface area (Å²) in [6, 6.07) is 8.14. The molecule has 0 atom stereocenters. The highest BCUT2D eigenvalue weighted by Crippen LogP contribution is 2.31. The summed E-state index contributed by atoms with van der Waals surface area (Å²) in [5, 5.41) is 0. The van der Waals surface area contributed by atoms with E-state index in [1.54, 1.807) is 0 Å². The van der Waals surface area contributed by atoms with Crippen molar-refractivity contribution in [2.24, 2.45) is 10.4 Å². The number of carbonyl (C=O) groups excluding carboxylic acids is 1. The van der Waals surface area contributed by atoms with Crippen molar-refractivity contribution in [1.29, 1.82) is 0 Å². The van der Waals surface area contributed by atoms with Gasteiger partial charge in [0.1, 0.15) is 6.54 Å². The second-order valence-corrected chi connectivity index (χ2v) is 6.33. The quantitative estimate of drug-likeness (QED) is 0.826. The molecule has 108 valence electrons. The molecule has 0 unspecified atom stereocenters. The van der Waals surface area contributed by atoms with E-state index in [4.69, 9.17) is 0 Å². The van der Waals surface area contributed by atoms with Crippen LogP contribution in [0.5, 0.6) is 0 Å². The molecule has 1 aromatic carbocycles. The van der Waals surface area contributed by atoms with E-state index in [0.29, 0.717) is 0 Å². The molecule has 0 saturated heterocycles. The van der Waals surface area contributed by atoms with Crippen LogP contribution in [0.4, 0.5) is 5.69 Å². The molecule has 0 fully saturated rings.